The topological polar surface area (TPSA) is 102 Å². The van der Waals surface area contributed by atoms with Gasteiger partial charge in [-0.15, -0.1) is 0 Å². The van der Waals surface area contributed by atoms with Crippen LogP contribution in [0.2, 0.25) is 0 Å². The molecule has 1 saturated heterocycles. The van der Waals surface area contributed by atoms with Gasteiger partial charge in [-0.3, -0.25) is 4.79 Å². The Hall–Kier alpha value is -0.690. The molecule has 0 saturated carbocycles. The first-order valence-corrected chi connectivity index (χ1v) is 4.07. The number of hydrogen-bond donors (Lipinski definition) is 5. The first-order chi connectivity index (χ1) is 6.07. The number of β-amino-alcohol motifs (C(OH)–C–C–N with tert-alkyl or cyclic N) is 1. The monoisotopic (exact) mass is 190 g/mol. The summed E-state index contributed by atoms with van der Waals surface area (Å²) >= 11 is 0. The summed E-state index contributed by atoms with van der Waals surface area (Å²) in [4.78, 5) is 11.1. The minimum absolute atomic E-state index is 0.0936. The van der Waals surface area contributed by atoms with Crippen LogP contribution in [0.4, 0.5) is 0 Å². The van der Waals surface area contributed by atoms with Gasteiger partial charge in [-0.1, -0.05) is 0 Å². The summed E-state index contributed by atoms with van der Waals surface area (Å²) in [7, 11) is 1.44. The van der Waals surface area contributed by atoms with Crippen molar-refractivity contribution in [1.29, 1.82) is 0 Å². The fourth-order valence-electron chi connectivity index (χ4n) is 1.32. The molecule has 5 N–H and O–H groups in total. The number of rotatable bonds is 1. The highest BCUT2D eigenvalue weighted by Gasteiger charge is 2.39. The van der Waals surface area contributed by atoms with Gasteiger partial charge >= 0.3 is 0 Å². The average molecular weight is 190 g/mol. The van der Waals surface area contributed by atoms with Crippen molar-refractivity contribution in [1.82, 2.24) is 10.6 Å². The Morgan fingerprint density at radius 3 is 2.54 bits per heavy atom. The summed E-state index contributed by atoms with van der Waals surface area (Å²) in [5.41, 5.74) is 0. The fraction of sp³-hybridized carbons (Fsp3) is 0.857. The number of nitrogens with one attached hydrogen (secondary N) is 2. The molecule has 6 nitrogen and oxygen atoms in total. The van der Waals surface area contributed by atoms with E-state index in [1.807, 2.05) is 0 Å². The zero-order valence-corrected chi connectivity index (χ0v) is 7.27. The van der Waals surface area contributed by atoms with E-state index in [0.717, 1.165) is 0 Å². The number of amides is 1. The normalized spacial score (nSPS) is 40.0. The van der Waals surface area contributed by atoms with Gasteiger partial charge in [-0.25, -0.2) is 0 Å². The minimum atomic E-state index is -1.27. The molecule has 1 aliphatic rings. The number of likely N-dealkylation sites (N-methyl/N-ethyl adjacent to an activating group) is 1. The van der Waals surface area contributed by atoms with Crippen LogP contribution < -0.4 is 10.6 Å². The SMILES string of the molecule is CNC(=O)[C@@H]1NC[C@H](O)[C@@H](O)[C@@H]1O. The Balaban J connectivity index is 2.63. The number of hydrogen-bond acceptors (Lipinski definition) is 5. The minimum Gasteiger partial charge on any atom is -0.389 e. The van der Waals surface area contributed by atoms with Crippen LogP contribution in [0.25, 0.3) is 0 Å². The molecular weight excluding hydrogens is 176 g/mol. The van der Waals surface area contributed by atoms with Crippen LogP contribution in [0, 0.1) is 0 Å². The Bertz CT molecular complexity index is 199. The molecule has 0 aliphatic carbocycles. The summed E-state index contributed by atoms with van der Waals surface area (Å²) in [6.45, 7) is 0.0936. The lowest BCUT2D eigenvalue weighted by molar-refractivity contribution is -0.137. The quantitative estimate of drug-likeness (QED) is 0.299. The maximum atomic E-state index is 11.1. The van der Waals surface area contributed by atoms with Gasteiger partial charge in [0.2, 0.25) is 5.91 Å². The molecule has 1 aliphatic heterocycles. The number of piperidine rings is 1. The van der Waals surface area contributed by atoms with Crippen molar-refractivity contribution >= 4 is 5.91 Å². The zero-order chi connectivity index (χ0) is 10.0. The predicted molar refractivity (Wildman–Crippen MR) is 43.9 cm³/mol. The third kappa shape index (κ3) is 1.97. The largest absolute Gasteiger partial charge is 0.389 e. The molecule has 1 fully saturated rings. The molecule has 0 unspecified atom stereocenters. The molecule has 1 rings (SSSR count). The van der Waals surface area contributed by atoms with Crippen molar-refractivity contribution < 1.29 is 20.1 Å². The number of carbonyl (C=O) groups is 1. The molecule has 0 aromatic heterocycles. The van der Waals surface area contributed by atoms with Gasteiger partial charge in [0.1, 0.15) is 18.2 Å². The second-order valence-electron chi connectivity index (χ2n) is 3.05. The van der Waals surface area contributed by atoms with Crippen LogP contribution in [-0.4, -0.2) is 59.2 Å². The Morgan fingerprint density at radius 1 is 1.38 bits per heavy atom. The molecule has 0 bridgehead atoms. The highest BCUT2D eigenvalue weighted by Crippen LogP contribution is 2.10. The van der Waals surface area contributed by atoms with E-state index in [0.29, 0.717) is 0 Å². The molecule has 4 atom stereocenters. The molecule has 0 radical (unpaired) electrons. The van der Waals surface area contributed by atoms with E-state index in [4.69, 9.17) is 5.11 Å². The number of aliphatic hydroxyl groups excluding tert-OH is 3. The van der Waals surface area contributed by atoms with E-state index in [2.05, 4.69) is 10.6 Å². The fourth-order valence-corrected chi connectivity index (χ4v) is 1.32. The lowest BCUT2D eigenvalue weighted by atomic mass is 9.95. The van der Waals surface area contributed by atoms with Gasteiger partial charge in [0.25, 0.3) is 0 Å². The summed E-state index contributed by atoms with van der Waals surface area (Å²) in [6, 6.07) is -0.858. The highest BCUT2D eigenvalue weighted by molar-refractivity contribution is 5.82. The Kier molecular flexibility index (Phi) is 3.21. The van der Waals surface area contributed by atoms with E-state index in [1.165, 1.54) is 7.05 Å². The van der Waals surface area contributed by atoms with Gasteiger partial charge in [0, 0.05) is 13.6 Å². The molecule has 13 heavy (non-hydrogen) atoms. The van der Waals surface area contributed by atoms with Crippen molar-refractivity contribution in [2.75, 3.05) is 13.6 Å². The summed E-state index contributed by atoms with van der Waals surface area (Å²) < 4.78 is 0. The van der Waals surface area contributed by atoms with Gasteiger partial charge in [0.15, 0.2) is 0 Å². The standard InChI is InChI=1S/C7H14N2O4/c1-8-7(13)4-6(12)5(11)3(10)2-9-4/h3-6,9-12H,2H2,1H3,(H,8,13)/t3-,4+,5+,6+/m0/s1. The molecule has 76 valence electrons. The summed E-state index contributed by atoms with van der Waals surface area (Å²) in [6.07, 6.45) is -3.58. The zero-order valence-electron chi connectivity index (χ0n) is 7.27. The van der Waals surface area contributed by atoms with Crippen LogP contribution in [0.15, 0.2) is 0 Å². The molecule has 1 amide bonds. The Morgan fingerprint density at radius 2 is 2.00 bits per heavy atom. The molecule has 0 aromatic rings. The van der Waals surface area contributed by atoms with Crippen LogP contribution >= 0.6 is 0 Å². The number of carbonyl (C=O) groups excluding carboxylic acids is 1. The number of aliphatic hydroxyl groups is 3. The van der Waals surface area contributed by atoms with Crippen molar-refractivity contribution in [2.24, 2.45) is 0 Å². The molecule has 0 aromatic carbocycles. The first-order valence-electron chi connectivity index (χ1n) is 4.07. The molecule has 1 heterocycles. The summed E-state index contributed by atoms with van der Waals surface area (Å²) in [5.74, 6) is -0.404. The van der Waals surface area contributed by atoms with Gasteiger partial charge < -0.3 is 26.0 Å². The van der Waals surface area contributed by atoms with Gasteiger partial charge in [-0.05, 0) is 0 Å². The maximum absolute atomic E-state index is 11.1. The lowest BCUT2D eigenvalue weighted by Crippen LogP contribution is -2.64. The van der Waals surface area contributed by atoms with Crippen LogP contribution in [0.1, 0.15) is 0 Å². The lowest BCUT2D eigenvalue weighted by Gasteiger charge is -2.34. The smallest absolute Gasteiger partial charge is 0.239 e. The van der Waals surface area contributed by atoms with Crippen molar-refractivity contribution in [3.63, 3.8) is 0 Å². The molecule has 0 spiro atoms. The van der Waals surface area contributed by atoms with E-state index in [-0.39, 0.29) is 6.54 Å². The van der Waals surface area contributed by atoms with Crippen molar-refractivity contribution in [3.8, 4) is 0 Å². The summed E-state index contributed by atoms with van der Waals surface area (Å²) in [5, 5.41) is 32.7. The van der Waals surface area contributed by atoms with Gasteiger partial charge in [0.05, 0.1) is 6.10 Å². The predicted octanol–water partition coefficient (Wildman–Crippen LogP) is -3.21. The van der Waals surface area contributed by atoms with E-state index < -0.39 is 30.3 Å². The Labute approximate surface area is 75.6 Å². The second kappa shape index (κ2) is 4.01. The van der Waals surface area contributed by atoms with E-state index in [9.17, 15) is 15.0 Å². The highest BCUT2D eigenvalue weighted by atomic mass is 16.4. The second-order valence-corrected chi connectivity index (χ2v) is 3.05. The third-order valence-corrected chi connectivity index (χ3v) is 2.16. The van der Waals surface area contributed by atoms with Crippen molar-refractivity contribution in [3.05, 3.63) is 0 Å². The average Bonchev–Trinajstić information content (AvgIpc) is 2.13. The van der Waals surface area contributed by atoms with Crippen LogP contribution in [0.3, 0.4) is 0 Å². The maximum Gasteiger partial charge on any atom is 0.239 e. The van der Waals surface area contributed by atoms with Crippen molar-refractivity contribution in [2.45, 2.75) is 24.4 Å². The molecular formula is C7H14N2O4. The third-order valence-electron chi connectivity index (χ3n) is 2.16. The van der Waals surface area contributed by atoms with Gasteiger partial charge in [-0.2, -0.15) is 0 Å². The van der Waals surface area contributed by atoms with E-state index >= 15 is 0 Å². The molecule has 6 heteroatoms. The van der Waals surface area contributed by atoms with Crippen LogP contribution in [-0.2, 0) is 4.79 Å². The van der Waals surface area contributed by atoms with Crippen LogP contribution in [0.5, 0.6) is 0 Å². The van der Waals surface area contributed by atoms with E-state index in [1.54, 1.807) is 0 Å². The first kappa shape index (κ1) is 10.4.